The molecule has 1 amide bonds. The van der Waals surface area contributed by atoms with Crippen molar-refractivity contribution in [2.45, 2.75) is 13.5 Å². The maximum absolute atomic E-state index is 12.2. The fraction of sp³-hybridized carbons (Fsp3) is 0.190. The van der Waals surface area contributed by atoms with E-state index in [9.17, 15) is 9.59 Å². The fourth-order valence-corrected chi connectivity index (χ4v) is 3.52. The van der Waals surface area contributed by atoms with Gasteiger partial charge < -0.3 is 9.64 Å². The molecule has 27 heavy (non-hydrogen) atoms. The zero-order valence-electron chi connectivity index (χ0n) is 15.2. The molecule has 0 bridgehead atoms. The van der Waals surface area contributed by atoms with E-state index < -0.39 is 5.97 Å². The topological polar surface area (TPSA) is 59.5 Å². The number of aryl methyl sites for hydroxylation is 1. The Kier molecular flexibility index (Phi) is 5.98. The Hall–Kier alpha value is -2.99. The highest BCUT2D eigenvalue weighted by atomic mass is 32.1. The number of benzene rings is 2. The highest BCUT2D eigenvalue weighted by molar-refractivity contribution is 7.18. The number of aromatic nitrogens is 1. The van der Waals surface area contributed by atoms with Crippen molar-refractivity contribution in [2.75, 3.05) is 13.7 Å². The number of esters is 1. The van der Waals surface area contributed by atoms with Crippen LogP contribution in [0.25, 0.3) is 16.3 Å². The molecule has 0 unspecified atom stereocenters. The first-order valence-corrected chi connectivity index (χ1v) is 9.33. The normalized spacial score (nSPS) is 11.0. The van der Waals surface area contributed by atoms with E-state index in [4.69, 9.17) is 4.74 Å². The Balaban J connectivity index is 1.50. The summed E-state index contributed by atoms with van der Waals surface area (Å²) in [5.41, 5.74) is 2.92. The smallest absolute Gasteiger partial charge is 0.331 e. The van der Waals surface area contributed by atoms with E-state index in [1.165, 1.54) is 11.0 Å². The van der Waals surface area contributed by atoms with Crippen molar-refractivity contribution in [3.05, 3.63) is 70.7 Å². The number of hydrogen-bond acceptors (Lipinski definition) is 5. The van der Waals surface area contributed by atoms with Gasteiger partial charge >= 0.3 is 5.97 Å². The van der Waals surface area contributed by atoms with Crippen LogP contribution in [-0.2, 0) is 20.9 Å². The molecule has 138 valence electrons. The second-order valence-corrected chi connectivity index (χ2v) is 7.24. The van der Waals surface area contributed by atoms with Crippen molar-refractivity contribution >= 4 is 39.5 Å². The standard InChI is InChI=1S/C21H20N2O3S/c1-15-7-3-4-8-16(15)11-12-21(25)26-14-20(24)23(2)13-19-22-17-9-5-6-10-18(17)27-19/h3-12H,13-14H2,1-2H3/b12-11+. The van der Waals surface area contributed by atoms with Crippen molar-refractivity contribution in [3.8, 4) is 0 Å². The molecule has 0 fully saturated rings. The second kappa shape index (κ2) is 8.60. The van der Waals surface area contributed by atoms with Gasteiger partial charge in [0.1, 0.15) is 5.01 Å². The molecule has 0 aliphatic carbocycles. The predicted octanol–water partition coefficient (Wildman–Crippen LogP) is 3.82. The summed E-state index contributed by atoms with van der Waals surface area (Å²) in [5, 5.41) is 0.845. The lowest BCUT2D eigenvalue weighted by Crippen LogP contribution is -2.30. The number of likely N-dealkylation sites (N-methyl/N-ethyl adjacent to an activating group) is 1. The highest BCUT2D eigenvalue weighted by Crippen LogP contribution is 2.22. The number of fused-ring (bicyclic) bond motifs is 1. The van der Waals surface area contributed by atoms with Crippen LogP contribution >= 0.6 is 11.3 Å². The largest absolute Gasteiger partial charge is 0.452 e. The van der Waals surface area contributed by atoms with Gasteiger partial charge in [-0.3, -0.25) is 4.79 Å². The first kappa shape index (κ1) is 18.8. The summed E-state index contributed by atoms with van der Waals surface area (Å²) in [6.45, 7) is 2.05. The number of amides is 1. The van der Waals surface area contributed by atoms with Crippen LogP contribution in [0.2, 0.25) is 0 Å². The van der Waals surface area contributed by atoms with Crippen molar-refractivity contribution in [3.63, 3.8) is 0 Å². The predicted molar refractivity (Wildman–Crippen MR) is 107 cm³/mol. The van der Waals surface area contributed by atoms with E-state index in [1.54, 1.807) is 24.5 Å². The molecule has 2 aromatic carbocycles. The number of hydrogen-bond donors (Lipinski definition) is 0. The number of carbonyl (C=O) groups is 2. The van der Waals surface area contributed by atoms with E-state index >= 15 is 0 Å². The molecule has 0 atom stereocenters. The van der Waals surface area contributed by atoms with Crippen molar-refractivity contribution in [2.24, 2.45) is 0 Å². The van der Waals surface area contributed by atoms with Gasteiger partial charge in [-0.25, -0.2) is 9.78 Å². The molecule has 0 aliphatic heterocycles. The summed E-state index contributed by atoms with van der Waals surface area (Å²) in [5.74, 6) is -0.813. The fourth-order valence-electron chi connectivity index (χ4n) is 2.50. The van der Waals surface area contributed by atoms with E-state index in [0.717, 1.165) is 26.4 Å². The highest BCUT2D eigenvalue weighted by Gasteiger charge is 2.13. The Bertz CT molecular complexity index is 961. The summed E-state index contributed by atoms with van der Waals surface area (Å²) >= 11 is 1.55. The monoisotopic (exact) mass is 380 g/mol. The molecule has 0 aliphatic rings. The average Bonchev–Trinajstić information content (AvgIpc) is 3.07. The van der Waals surface area contributed by atoms with Crippen molar-refractivity contribution in [1.29, 1.82) is 0 Å². The maximum atomic E-state index is 12.2. The first-order valence-electron chi connectivity index (χ1n) is 8.52. The lowest BCUT2D eigenvalue weighted by atomic mass is 10.1. The molecule has 3 aromatic rings. The van der Waals surface area contributed by atoms with E-state index in [2.05, 4.69) is 4.98 Å². The van der Waals surface area contributed by atoms with Crippen molar-refractivity contribution < 1.29 is 14.3 Å². The Morgan fingerprint density at radius 1 is 1.15 bits per heavy atom. The molecule has 6 heteroatoms. The quantitative estimate of drug-likeness (QED) is 0.482. The lowest BCUT2D eigenvalue weighted by Gasteiger charge is -2.15. The summed E-state index contributed by atoms with van der Waals surface area (Å²) < 4.78 is 6.13. The number of thiazole rings is 1. The summed E-state index contributed by atoms with van der Waals surface area (Å²) in [6, 6.07) is 15.6. The zero-order valence-corrected chi connectivity index (χ0v) is 16.0. The number of rotatable bonds is 6. The summed E-state index contributed by atoms with van der Waals surface area (Å²) in [4.78, 5) is 30.1. The number of para-hydroxylation sites is 1. The molecular formula is C21H20N2O3S. The minimum absolute atomic E-state index is 0.271. The van der Waals surface area contributed by atoms with Gasteiger partial charge in [0.05, 0.1) is 16.8 Å². The van der Waals surface area contributed by atoms with Gasteiger partial charge in [-0.2, -0.15) is 0 Å². The lowest BCUT2D eigenvalue weighted by molar-refractivity contribution is -0.147. The third-order valence-corrected chi connectivity index (χ3v) is 5.08. The molecular weight excluding hydrogens is 360 g/mol. The second-order valence-electron chi connectivity index (χ2n) is 6.12. The first-order chi connectivity index (χ1) is 13.0. The molecule has 0 N–H and O–H groups in total. The van der Waals surface area contributed by atoms with Crippen LogP contribution in [0.1, 0.15) is 16.1 Å². The molecule has 0 saturated heterocycles. The number of ether oxygens (including phenoxy) is 1. The molecule has 3 rings (SSSR count). The molecule has 0 saturated carbocycles. The van der Waals surface area contributed by atoms with Crippen LogP contribution in [0, 0.1) is 6.92 Å². The number of nitrogens with zero attached hydrogens (tertiary/aromatic N) is 2. The van der Waals surface area contributed by atoms with Crippen LogP contribution in [0.4, 0.5) is 0 Å². The minimum Gasteiger partial charge on any atom is -0.452 e. The van der Waals surface area contributed by atoms with E-state index in [0.29, 0.717) is 6.54 Å². The minimum atomic E-state index is -0.542. The summed E-state index contributed by atoms with van der Waals surface area (Å²) in [7, 11) is 1.67. The maximum Gasteiger partial charge on any atom is 0.331 e. The van der Waals surface area contributed by atoms with Gasteiger partial charge in [0.15, 0.2) is 6.61 Å². The van der Waals surface area contributed by atoms with Crippen LogP contribution in [0.5, 0.6) is 0 Å². The van der Waals surface area contributed by atoms with Gasteiger partial charge in [-0.05, 0) is 36.3 Å². The van der Waals surface area contributed by atoms with Gasteiger partial charge in [0, 0.05) is 13.1 Å². The zero-order chi connectivity index (χ0) is 19.2. The van der Waals surface area contributed by atoms with E-state index in [-0.39, 0.29) is 12.5 Å². The summed E-state index contributed by atoms with van der Waals surface area (Å²) in [6.07, 6.45) is 3.02. The Morgan fingerprint density at radius 2 is 1.89 bits per heavy atom. The van der Waals surface area contributed by atoms with Crippen LogP contribution < -0.4 is 0 Å². The third kappa shape index (κ3) is 5.01. The molecule has 0 spiro atoms. The van der Waals surface area contributed by atoms with Crippen LogP contribution in [-0.4, -0.2) is 35.4 Å². The Morgan fingerprint density at radius 3 is 2.67 bits per heavy atom. The third-order valence-electron chi connectivity index (χ3n) is 4.06. The SMILES string of the molecule is Cc1ccccc1/C=C/C(=O)OCC(=O)N(C)Cc1nc2ccccc2s1. The van der Waals surface area contributed by atoms with Gasteiger partial charge in [-0.1, -0.05) is 36.4 Å². The molecule has 5 nitrogen and oxygen atoms in total. The average molecular weight is 380 g/mol. The van der Waals surface area contributed by atoms with Gasteiger partial charge in [-0.15, -0.1) is 11.3 Å². The van der Waals surface area contributed by atoms with Crippen molar-refractivity contribution in [1.82, 2.24) is 9.88 Å². The Labute approximate surface area is 161 Å². The number of carbonyl (C=O) groups excluding carboxylic acids is 2. The van der Waals surface area contributed by atoms with Gasteiger partial charge in [0.2, 0.25) is 0 Å². The van der Waals surface area contributed by atoms with E-state index in [1.807, 2.05) is 55.5 Å². The van der Waals surface area contributed by atoms with Crippen LogP contribution in [0.15, 0.2) is 54.6 Å². The molecule has 0 radical (unpaired) electrons. The van der Waals surface area contributed by atoms with Crippen LogP contribution in [0.3, 0.4) is 0 Å². The molecule has 1 aromatic heterocycles. The molecule has 1 heterocycles. The van der Waals surface area contributed by atoms with Gasteiger partial charge in [0.25, 0.3) is 5.91 Å².